The van der Waals surface area contributed by atoms with Crippen LogP contribution in [0.3, 0.4) is 0 Å². The number of rotatable bonds is 4. The van der Waals surface area contributed by atoms with Gasteiger partial charge in [-0.2, -0.15) is 0 Å². The largest absolute Gasteiger partial charge is 0.481 e. The summed E-state index contributed by atoms with van der Waals surface area (Å²) in [6.07, 6.45) is 4.87. The van der Waals surface area contributed by atoms with Crippen LogP contribution in [0.15, 0.2) is 0 Å². The van der Waals surface area contributed by atoms with Crippen LogP contribution in [-0.2, 0) is 4.79 Å². The van der Waals surface area contributed by atoms with Gasteiger partial charge in [-0.25, -0.2) is 0 Å². The van der Waals surface area contributed by atoms with E-state index in [4.69, 9.17) is 10.8 Å². The quantitative estimate of drug-likeness (QED) is 0.818. The van der Waals surface area contributed by atoms with Crippen LogP contribution in [0, 0.1) is 23.2 Å². The maximum absolute atomic E-state index is 11.1. The second-order valence-corrected chi connectivity index (χ2v) is 8.00. The van der Waals surface area contributed by atoms with E-state index in [0.717, 1.165) is 18.8 Å². The van der Waals surface area contributed by atoms with Gasteiger partial charge in [0.25, 0.3) is 0 Å². The molecule has 0 aliphatic heterocycles. The predicted molar refractivity (Wildman–Crippen MR) is 78.9 cm³/mol. The van der Waals surface area contributed by atoms with Crippen molar-refractivity contribution in [3.63, 3.8) is 0 Å². The fourth-order valence-electron chi connectivity index (χ4n) is 3.61. The van der Waals surface area contributed by atoms with Crippen LogP contribution in [0.5, 0.6) is 0 Å². The molecule has 3 N–H and O–H groups in total. The number of nitrogens with two attached hydrogens (primary N) is 1. The zero-order valence-electron chi connectivity index (χ0n) is 13.2. The van der Waals surface area contributed by atoms with Gasteiger partial charge in [-0.3, -0.25) is 4.79 Å². The summed E-state index contributed by atoms with van der Waals surface area (Å²) in [7, 11) is 0. The fraction of sp³-hybridized carbons (Fsp3) is 0.938. The summed E-state index contributed by atoms with van der Waals surface area (Å²) in [5.74, 6) is 0.595. The number of carboxylic acids is 1. The van der Waals surface area contributed by atoms with Gasteiger partial charge in [0.15, 0.2) is 0 Å². The third-order valence-electron chi connectivity index (χ3n) is 4.92. The molecule has 112 valence electrons. The molecule has 1 fully saturated rings. The van der Waals surface area contributed by atoms with Crippen molar-refractivity contribution in [3.8, 4) is 0 Å². The molecule has 1 saturated carbocycles. The van der Waals surface area contributed by atoms with Gasteiger partial charge in [-0.15, -0.1) is 0 Å². The predicted octanol–water partition coefficient (Wildman–Crippen LogP) is 3.67. The summed E-state index contributed by atoms with van der Waals surface area (Å²) < 4.78 is 0. The molecule has 0 aromatic heterocycles. The maximum Gasteiger partial charge on any atom is 0.303 e. The Morgan fingerprint density at radius 2 is 1.63 bits per heavy atom. The van der Waals surface area contributed by atoms with Gasteiger partial charge in [0.05, 0.1) is 6.42 Å². The zero-order chi connectivity index (χ0) is 14.8. The third kappa shape index (κ3) is 4.79. The van der Waals surface area contributed by atoms with Crippen molar-refractivity contribution >= 4 is 5.97 Å². The molecule has 1 aliphatic rings. The second-order valence-electron chi connectivity index (χ2n) is 8.00. The lowest BCUT2D eigenvalue weighted by Gasteiger charge is -2.43. The molecule has 0 saturated heterocycles. The van der Waals surface area contributed by atoms with Crippen LogP contribution in [0.25, 0.3) is 0 Å². The molecule has 1 aliphatic carbocycles. The summed E-state index contributed by atoms with van der Waals surface area (Å²) >= 11 is 0. The fourth-order valence-corrected chi connectivity index (χ4v) is 3.61. The second kappa shape index (κ2) is 5.82. The molecule has 0 bridgehead atoms. The lowest BCUT2D eigenvalue weighted by molar-refractivity contribution is -0.139. The summed E-state index contributed by atoms with van der Waals surface area (Å²) in [4.78, 5) is 11.1. The molecule has 1 unspecified atom stereocenters. The first-order chi connectivity index (χ1) is 8.51. The molecule has 0 amide bonds. The molecule has 3 heteroatoms. The number of hydrogen-bond acceptors (Lipinski definition) is 2. The normalized spacial score (nSPS) is 27.1. The topological polar surface area (TPSA) is 63.3 Å². The molecular weight excluding hydrogens is 238 g/mol. The van der Waals surface area contributed by atoms with Gasteiger partial charge in [0.1, 0.15) is 0 Å². The van der Waals surface area contributed by atoms with E-state index in [2.05, 4.69) is 20.8 Å². The Morgan fingerprint density at radius 1 is 1.16 bits per heavy atom. The van der Waals surface area contributed by atoms with Gasteiger partial charge >= 0.3 is 5.97 Å². The first kappa shape index (κ1) is 16.5. The highest BCUT2D eigenvalue weighted by molar-refractivity contribution is 5.67. The molecule has 0 aromatic rings. The average Bonchev–Trinajstić information content (AvgIpc) is 2.23. The molecule has 1 rings (SSSR count). The third-order valence-corrected chi connectivity index (χ3v) is 4.92. The summed E-state index contributed by atoms with van der Waals surface area (Å²) in [6, 6.07) is 0. The highest BCUT2D eigenvalue weighted by Gasteiger charge is 2.38. The maximum atomic E-state index is 11.1. The van der Waals surface area contributed by atoms with E-state index < -0.39 is 11.5 Å². The van der Waals surface area contributed by atoms with E-state index in [1.165, 1.54) is 12.8 Å². The Hall–Kier alpha value is -0.570. The minimum Gasteiger partial charge on any atom is -0.481 e. The number of carboxylic acid groups (broad SMARTS) is 1. The molecular formula is C16H31NO2. The molecule has 3 nitrogen and oxygen atoms in total. The van der Waals surface area contributed by atoms with Gasteiger partial charge < -0.3 is 10.8 Å². The first-order valence-electron chi connectivity index (χ1n) is 7.52. The van der Waals surface area contributed by atoms with Crippen molar-refractivity contribution < 1.29 is 9.90 Å². The Labute approximate surface area is 118 Å². The minimum absolute atomic E-state index is 0.0888. The van der Waals surface area contributed by atoms with Gasteiger partial charge in [-0.05, 0) is 62.7 Å². The first-order valence-corrected chi connectivity index (χ1v) is 7.52. The van der Waals surface area contributed by atoms with Crippen molar-refractivity contribution in [1.82, 2.24) is 0 Å². The van der Waals surface area contributed by atoms with E-state index in [1.54, 1.807) is 0 Å². The summed E-state index contributed by atoms with van der Waals surface area (Å²) in [5, 5.41) is 9.10. The number of aliphatic carboxylic acids is 1. The molecule has 19 heavy (non-hydrogen) atoms. The van der Waals surface area contributed by atoms with E-state index in [0.29, 0.717) is 11.3 Å². The lowest BCUT2D eigenvalue weighted by Crippen LogP contribution is -2.46. The van der Waals surface area contributed by atoms with Crippen LogP contribution in [0.4, 0.5) is 0 Å². The van der Waals surface area contributed by atoms with Crippen LogP contribution >= 0.6 is 0 Å². The Morgan fingerprint density at radius 3 is 1.95 bits per heavy atom. The zero-order valence-corrected chi connectivity index (χ0v) is 13.2. The molecule has 0 spiro atoms. The van der Waals surface area contributed by atoms with Crippen molar-refractivity contribution in [3.05, 3.63) is 0 Å². The minimum atomic E-state index is -0.721. The average molecular weight is 269 g/mol. The smallest absolute Gasteiger partial charge is 0.303 e. The Balaban J connectivity index is 2.67. The number of carbonyl (C=O) groups is 1. The van der Waals surface area contributed by atoms with Crippen molar-refractivity contribution in [2.45, 2.75) is 72.3 Å². The van der Waals surface area contributed by atoms with Crippen molar-refractivity contribution in [1.29, 1.82) is 0 Å². The molecule has 0 heterocycles. The van der Waals surface area contributed by atoms with Crippen LogP contribution in [0.2, 0.25) is 0 Å². The highest BCUT2D eigenvalue weighted by atomic mass is 16.4. The van der Waals surface area contributed by atoms with Gasteiger partial charge in [0.2, 0.25) is 0 Å². The Bertz CT molecular complexity index is 304. The monoisotopic (exact) mass is 269 g/mol. The van der Waals surface area contributed by atoms with E-state index >= 15 is 0 Å². The van der Waals surface area contributed by atoms with Crippen LogP contribution in [0.1, 0.15) is 66.7 Å². The SMILES string of the molecule is CC(C)(C)C1CCC(C(CC(=O)O)C(C)(C)N)CC1. The van der Waals surface area contributed by atoms with Crippen LogP contribution in [-0.4, -0.2) is 16.6 Å². The summed E-state index contributed by atoms with van der Waals surface area (Å²) in [6.45, 7) is 10.9. The van der Waals surface area contributed by atoms with E-state index in [1.807, 2.05) is 13.8 Å². The van der Waals surface area contributed by atoms with Crippen molar-refractivity contribution in [2.24, 2.45) is 28.9 Å². The van der Waals surface area contributed by atoms with Gasteiger partial charge in [0, 0.05) is 5.54 Å². The highest BCUT2D eigenvalue weighted by Crippen LogP contribution is 2.44. The Kier molecular flexibility index (Phi) is 5.05. The summed E-state index contributed by atoms with van der Waals surface area (Å²) in [5.41, 5.74) is 6.18. The lowest BCUT2D eigenvalue weighted by atomic mass is 9.64. The molecule has 1 atom stereocenters. The van der Waals surface area contributed by atoms with Crippen LogP contribution < -0.4 is 5.73 Å². The molecule has 0 aromatic carbocycles. The number of hydrogen-bond donors (Lipinski definition) is 2. The molecule has 0 radical (unpaired) electrons. The van der Waals surface area contributed by atoms with Gasteiger partial charge in [-0.1, -0.05) is 20.8 Å². The van der Waals surface area contributed by atoms with E-state index in [-0.39, 0.29) is 12.3 Å². The van der Waals surface area contributed by atoms with E-state index in [9.17, 15) is 4.79 Å². The standard InChI is InChI=1S/C16H31NO2/c1-15(2,3)12-8-6-11(7-9-12)13(10-14(18)19)16(4,5)17/h11-13H,6-10,17H2,1-5H3,(H,18,19). The van der Waals surface area contributed by atoms with Crippen molar-refractivity contribution in [2.75, 3.05) is 0 Å².